The summed E-state index contributed by atoms with van der Waals surface area (Å²) in [6.07, 6.45) is 39.5. The summed E-state index contributed by atoms with van der Waals surface area (Å²) in [6.45, 7) is 5.28. The van der Waals surface area contributed by atoms with Crippen molar-refractivity contribution >= 4 is 61.5 Å². The standard InChI is InChI=1S/C20H25NO.C20H25NS.C19H23ClN2.C19H25N3.3CH4/c22-19-2-1-17-6-16(7-18(17)8-19)12-21-20-9-13-3-14(10-20)5-15(4-13)11-20;1-13(19-9-17-4-2-3-5-18(17)22-19)21-20-10-14-6-15(11-20)8-16(7-14)12-20;20-16-2-1-15-6-17(22-18(15)7-16)11-21-19-8-12-3-13(9-19)5-14(4-12)10-19;1-22-17-5-3-2-4-16(17)21-18(22)12-20-19-9-13-6-14(10-19)8-15(7-13)11-19;;;/h1-2,7-8,13-15,21-22H,3-6,9-12H2;2-5,9,13-16,21H,6-8,10-12H2,1H3;1-2,7,12-14,21H,3-6,8-11H2;2-5,13-15,20H,6-12H2,1H3;3*1H4. The number of halogens is 1. The number of nitrogens with one attached hydrogen (secondary N) is 4. The molecule has 16 fully saturated rings. The predicted octanol–water partition coefficient (Wildman–Crippen LogP) is 19.5. The van der Waals surface area contributed by atoms with Crippen molar-refractivity contribution in [3.63, 3.8) is 0 Å². The quantitative estimate of drug-likeness (QED) is 0.0837. The van der Waals surface area contributed by atoms with Crippen molar-refractivity contribution < 1.29 is 5.11 Å². The van der Waals surface area contributed by atoms with Gasteiger partial charge in [0.25, 0.3) is 0 Å². The number of aliphatic imine (C=N–C) groups is 1. The van der Waals surface area contributed by atoms with Gasteiger partial charge in [0.1, 0.15) is 11.6 Å². The molecule has 1 unspecified atom stereocenters. The maximum Gasteiger partial charge on any atom is 0.123 e. The second kappa shape index (κ2) is 25.3. The lowest BCUT2D eigenvalue weighted by molar-refractivity contribution is -0.0243. The van der Waals surface area contributed by atoms with Crippen molar-refractivity contribution in [3.8, 4) is 5.75 Å². The lowest BCUT2D eigenvalue weighted by Crippen LogP contribution is -2.59. The molecule has 0 spiro atoms. The van der Waals surface area contributed by atoms with Crippen LogP contribution in [0.1, 0.15) is 217 Å². The van der Waals surface area contributed by atoms with Crippen molar-refractivity contribution in [2.24, 2.45) is 83.1 Å². The van der Waals surface area contributed by atoms with Gasteiger partial charge >= 0.3 is 0 Å². The van der Waals surface area contributed by atoms with Crippen LogP contribution in [0.3, 0.4) is 0 Å². The fourth-order valence-corrected chi connectivity index (χ4v) is 25.3. The van der Waals surface area contributed by atoms with E-state index in [4.69, 9.17) is 21.6 Å². The van der Waals surface area contributed by atoms with Crippen LogP contribution in [-0.4, -0.2) is 55.6 Å². The van der Waals surface area contributed by atoms with E-state index in [1.165, 1.54) is 208 Å². The van der Waals surface area contributed by atoms with Gasteiger partial charge in [0.15, 0.2) is 0 Å². The number of aromatic nitrogens is 2. The number of imidazole rings is 1. The normalized spacial score (nSPS) is 36.4. The highest BCUT2D eigenvalue weighted by atomic mass is 35.5. The highest BCUT2D eigenvalue weighted by Crippen LogP contribution is 2.59. The number of aromatic hydroxyl groups is 1. The third-order valence-corrected chi connectivity index (χ3v) is 27.6. The van der Waals surface area contributed by atoms with Gasteiger partial charge in [0, 0.05) is 75.1 Å². The van der Waals surface area contributed by atoms with Crippen LogP contribution in [0, 0.1) is 71.0 Å². The van der Waals surface area contributed by atoms with Crippen LogP contribution in [-0.2, 0) is 26.4 Å². The molecule has 1 atom stereocenters. The van der Waals surface area contributed by atoms with Crippen molar-refractivity contribution in [3.05, 3.63) is 129 Å². The molecule has 17 aliphatic carbocycles. The summed E-state index contributed by atoms with van der Waals surface area (Å²) in [7, 11) is 2.14. The summed E-state index contributed by atoms with van der Waals surface area (Å²) < 4.78 is 3.68. The van der Waals surface area contributed by atoms with Gasteiger partial charge in [-0.05, 0) is 309 Å². The number of hydrogen-bond donors (Lipinski definition) is 5. The van der Waals surface area contributed by atoms with E-state index in [1.54, 1.807) is 0 Å². The first-order valence-electron chi connectivity index (χ1n) is 35.5. The number of para-hydroxylation sites is 2. The van der Waals surface area contributed by atoms with Crippen molar-refractivity contribution in [2.45, 2.75) is 231 Å². The number of nitrogens with zero attached hydrogens (tertiary/aromatic N) is 3. The van der Waals surface area contributed by atoms with Crippen LogP contribution in [0.2, 0.25) is 5.02 Å². The highest BCUT2D eigenvalue weighted by Gasteiger charge is 2.54. The molecule has 24 rings (SSSR count). The van der Waals surface area contributed by atoms with E-state index < -0.39 is 0 Å². The van der Waals surface area contributed by atoms with Crippen molar-refractivity contribution in [2.75, 3.05) is 13.1 Å². The maximum absolute atomic E-state index is 9.62. The number of phenolic OH excluding ortho intramolecular Hbond substituents is 1. The Morgan fingerprint density at radius 2 is 1.01 bits per heavy atom. The average molecular weight is 1270 g/mol. The smallest absolute Gasteiger partial charge is 0.123 e. The van der Waals surface area contributed by atoms with Crippen LogP contribution in [0.25, 0.3) is 27.2 Å². The minimum atomic E-state index is 0. The molecule has 6 aromatic rings. The Morgan fingerprint density at radius 1 is 0.538 bits per heavy atom. The van der Waals surface area contributed by atoms with Crippen LogP contribution in [0.4, 0.5) is 5.69 Å². The third kappa shape index (κ3) is 13.0. The molecule has 2 aromatic heterocycles. The number of benzene rings is 4. The molecule has 488 valence electrons. The molecule has 1 aliphatic heterocycles. The minimum absolute atomic E-state index is 0. The second-order valence-electron chi connectivity index (χ2n) is 33.0. The molecule has 16 bridgehead atoms. The van der Waals surface area contributed by atoms with Gasteiger partial charge in [-0.3, -0.25) is 4.99 Å². The average Bonchev–Trinajstić information content (AvgIpc) is 1.13. The Morgan fingerprint density at radius 3 is 1.54 bits per heavy atom. The highest BCUT2D eigenvalue weighted by molar-refractivity contribution is 7.19. The zero-order valence-corrected chi connectivity index (χ0v) is 54.4. The van der Waals surface area contributed by atoms with E-state index in [0.717, 1.165) is 120 Å². The van der Waals surface area contributed by atoms with Crippen LogP contribution in [0.5, 0.6) is 5.75 Å². The first kappa shape index (κ1) is 64.0. The molecular weight excluding hydrogens is 1150 g/mol. The minimum Gasteiger partial charge on any atom is -0.508 e. The summed E-state index contributed by atoms with van der Waals surface area (Å²) in [5.74, 6) is 13.6. The molecule has 16 saturated carbocycles. The van der Waals surface area contributed by atoms with E-state index in [2.05, 4.69) is 113 Å². The summed E-state index contributed by atoms with van der Waals surface area (Å²) in [5.41, 5.74) is 11.9. The number of thiophene rings is 1. The monoisotopic (exact) mass is 1260 g/mol. The number of phenols is 1. The number of aryl methyl sites for hydroxylation is 1. The fourth-order valence-electron chi connectivity index (χ4n) is 24.1. The van der Waals surface area contributed by atoms with Gasteiger partial charge in [0.05, 0.1) is 23.3 Å². The SMILES string of the molecule is C.C.C.CC(NC12CC3CC(CC(C3)C1)C2)c1cc2ccccc2s1.Clc1ccc2c(c1)N=C(CNC13CC4CC(CC(C4)C1)C3)C2.Cn1c(CNC23CC4CC(CC(C4)C2)C3)nc2ccccc21.Oc1ccc2c(c1)C=C(CNC13CC4CC(CC(C4)C1)C3)C2. The summed E-state index contributed by atoms with van der Waals surface area (Å²) >= 11 is 8.05. The van der Waals surface area contributed by atoms with Gasteiger partial charge in [-0.1, -0.05) is 88.0 Å². The van der Waals surface area contributed by atoms with Crippen molar-refractivity contribution in [1.82, 2.24) is 30.8 Å². The van der Waals surface area contributed by atoms with Crippen LogP contribution >= 0.6 is 22.9 Å². The molecular formula is C81H110ClN7OS. The number of fused-ring (bicyclic) bond motifs is 4. The summed E-state index contributed by atoms with van der Waals surface area (Å²) in [5, 5.41) is 27.8. The van der Waals surface area contributed by atoms with Gasteiger partial charge in [0.2, 0.25) is 0 Å². The van der Waals surface area contributed by atoms with E-state index in [-0.39, 0.29) is 22.3 Å². The van der Waals surface area contributed by atoms with E-state index in [1.807, 2.05) is 35.6 Å². The third-order valence-electron chi connectivity index (χ3n) is 26.0. The maximum atomic E-state index is 9.62. The second-order valence-corrected chi connectivity index (χ2v) is 34.5. The fraction of sp³-hybridized carbons (Fsp3) is 0.630. The molecule has 4 aromatic carbocycles. The zero-order chi connectivity index (χ0) is 58.9. The van der Waals surface area contributed by atoms with E-state index >= 15 is 0 Å². The van der Waals surface area contributed by atoms with Crippen LogP contribution in [0.15, 0.2) is 102 Å². The Kier molecular flexibility index (Phi) is 17.8. The van der Waals surface area contributed by atoms with Crippen LogP contribution < -0.4 is 21.3 Å². The Hall–Kier alpha value is -4.35. The molecule has 5 N–H and O–H groups in total. The van der Waals surface area contributed by atoms with Gasteiger partial charge in [-0.25, -0.2) is 4.98 Å². The topological polar surface area (TPSA) is 98.5 Å². The zero-order valence-electron chi connectivity index (χ0n) is 52.8. The number of rotatable bonds is 12. The summed E-state index contributed by atoms with van der Waals surface area (Å²) in [6, 6.07) is 32.0. The molecule has 0 radical (unpaired) electrons. The predicted molar refractivity (Wildman–Crippen MR) is 383 cm³/mol. The molecule has 8 nitrogen and oxygen atoms in total. The van der Waals surface area contributed by atoms with Gasteiger partial charge in [-0.2, -0.15) is 0 Å². The number of hydrogen-bond acceptors (Lipinski definition) is 8. The first-order chi connectivity index (χ1) is 42.7. The molecule has 10 heteroatoms. The van der Waals surface area contributed by atoms with Gasteiger partial charge < -0.3 is 30.9 Å². The van der Waals surface area contributed by atoms with Gasteiger partial charge in [-0.15, -0.1) is 11.3 Å². The largest absolute Gasteiger partial charge is 0.508 e. The molecule has 0 saturated heterocycles. The summed E-state index contributed by atoms with van der Waals surface area (Å²) in [4.78, 5) is 11.1. The lowest BCUT2D eigenvalue weighted by atomic mass is 9.53. The Labute approximate surface area is 555 Å². The molecule has 91 heavy (non-hydrogen) atoms. The Bertz CT molecular complexity index is 3370. The van der Waals surface area contributed by atoms with E-state index in [9.17, 15) is 5.11 Å². The first-order valence-corrected chi connectivity index (χ1v) is 36.7. The molecule has 18 aliphatic rings. The lowest BCUT2D eigenvalue weighted by Gasteiger charge is -2.57. The van der Waals surface area contributed by atoms with E-state index in [0.29, 0.717) is 33.9 Å². The molecule has 0 amide bonds. The molecule has 3 heterocycles. The Balaban J connectivity index is 0.000000105. The van der Waals surface area contributed by atoms with Crippen molar-refractivity contribution in [1.29, 1.82) is 0 Å².